The summed E-state index contributed by atoms with van der Waals surface area (Å²) in [6.07, 6.45) is 7.89. The highest BCUT2D eigenvalue weighted by Crippen LogP contribution is 2.37. The van der Waals surface area contributed by atoms with Crippen molar-refractivity contribution in [2.45, 2.75) is 135 Å². The summed E-state index contributed by atoms with van der Waals surface area (Å²) in [6, 6.07) is 0. The van der Waals surface area contributed by atoms with Crippen LogP contribution in [0.3, 0.4) is 0 Å². The topological polar surface area (TPSA) is 142 Å². The van der Waals surface area contributed by atoms with Gasteiger partial charge in [0, 0.05) is 45.0 Å². The van der Waals surface area contributed by atoms with Crippen LogP contribution in [0.2, 0.25) is 0 Å². The quantitative estimate of drug-likeness (QED) is 0.125. The van der Waals surface area contributed by atoms with Gasteiger partial charge in [0.05, 0.1) is 36.4 Å². The van der Waals surface area contributed by atoms with Gasteiger partial charge < -0.3 is 44.1 Å². The fourth-order valence-electron chi connectivity index (χ4n) is 6.66. The Morgan fingerprint density at radius 1 is 1.23 bits per heavy atom. The number of carbonyl (C=O) groups is 2. The van der Waals surface area contributed by atoms with Crippen molar-refractivity contribution in [2.24, 2.45) is 11.8 Å². The van der Waals surface area contributed by atoms with Crippen molar-refractivity contribution in [3.63, 3.8) is 0 Å². The van der Waals surface area contributed by atoms with Gasteiger partial charge in [0.1, 0.15) is 11.7 Å². The number of epoxide rings is 1. The SMILES string of the molecule is CCC(O)C(C)C1OC1CC(C)(O)C=CC=C(C)C1OC(=O)CC(O)CCC(C)(OC)C(OC(=O)N2CCCN(CC)CC2)C=CC1C. The second-order valence-corrected chi connectivity index (χ2v) is 14.5. The van der Waals surface area contributed by atoms with Crippen LogP contribution in [0, 0.1) is 11.8 Å². The normalized spacial score (nSPS) is 33.9. The second-order valence-electron chi connectivity index (χ2n) is 14.5. The van der Waals surface area contributed by atoms with Crippen LogP contribution in [-0.2, 0) is 23.7 Å². The third-order valence-electron chi connectivity index (χ3n) is 10.3. The average molecular weight is 679 g/mol. The summed E-state index contributed by atoms with van der Waals surface area (Å²) in [5.74, 6) is -0.833. The Morgan fingerprint density at radius 2 is 1.96 bits per heavy atom. The third-order valence-corrected chi connectivity index (χ3v) is 10.3. The zero-order chi connectivity index (χ0) is 35.6. The monoisotopic (exact) mass is 678 g/mol. The van der Waals surface area contributed by atoms with Gasteiger partial charge in [0.2, 0.25) is 0 Å². The summed E-state index contributed by atoms with van der Waals surface area (Å²) in [5, 5.41) is 32.0. The highest BCUT2D eigenvalue weighted by molar-refractivity contribution is 5.70. The Kier molecular flexibility index (Phi) is 15.1. The number of rotatable bonds is 11. The Labute approximate surface area is 287 Å². The van der Waals surface area contributed by atoms with Gasteiger partial charge in [-0.3, -0.25) is 4.79 Å². The molecule has 3 aliphatic rings. The van der Waals surface area contributed by atoms with Crippen molar-refractivity contribution < 1.29 is 43.9 Å². The summed E-state index contributed by atoms with van der Waals surface area (Å²) >= 11 is 0. The van der Waals surface area contributed by atoms with Gasteiger partial charge in [0.25, 0.3) is 0 Å². The van der Waals surface area contributed by atoms with Crippen molar-refractivity contribution in [3.05, 3.63) is 36.0 Å². The first-order chi connectivity index (χ1) is 22.6. The molecule has 0 aromatic carbocycles. The van der Waals surface area contributed by atoms with Crippen molar-refractivity contribution in [1.82, 2.24) is 9.80 Å². The van der Waals surface area contributed by atoms with E-state index in [4.69, 9.17) is 18.9 Å². The van der Waals surface area contributed by atoms with E-state index in [1.807, 2.05) is 52.8 Å². The lowest BCUT2D eigenvalue weighted by Gasteiger charge is -2.36. The molecule has 10 atom stereocenters. The lowest BCUT2D eigenvalue weighted by Crippen LogP contribution is -2.47. The molecule has 0 aromatic heterocycles. The second kappa shape index (κ2) is 18.1. The standard InChI is InChI=1S/C37H62N2O9/c1-9-29(41)27(5)34-30(46-34)24-36(6,44)17-11-13-25(3)33-26(4)14-15-31(37(7,45-8)18-16-28(40)23-32(42)48-33)47-35(43)39-20-12-19-38(10-2)21-22-39/h11,13-15,17,26-31,33-34,40-41,44H,9-10,12,16,18-24H2,1-8H3. The molecular formula is C37H62N2O9. The van der Waals surface area contributed by atoms with E-state index in [1.165, 1.54) is 0 Å². The van der Waals surface area contributed by atoms with Gasteiger partial charge >= 0.3 is 12.1 Å². The molecule has 0 bridgehead atoms. The summed E-state index contributed by atoms with van der Waals surface area (Å²) < 4.78 is 23.7. The fourth-order valence-corrected chi connectivity index (χ4v) is 6.66. The maximum absolute atomic E-state index is 13.4. The Morgan fingerprint density at radius 3 is 2.62 bits per heavy atom. The average Bonchev–Trinajstić information content (AvgIpc) is 3.84. The van der Waals surface area contributed by atoms with Crippen LogP contribution in [0.25, 0.3) is 0 Å². The number of ether oxygens (including phenoxy) is 4. The number of nitrogens with zero attached hydrogens (tertiary/aromatic N) is 2. The van der Waals surface area contributed by atoms with Gasteiger partial charge in [-0.05, 0) is 71.2 Å². The molecule has 2 saturated heterocycles. The number of hydrogen-bond acceptors (Lipinski definition) is 10. The van der Waals surface area contributed by atoms with Crippen LogP contribution in [0.5, 0.6) is 0 Å². The number of aliphatic hydroxyl groups excluding tert-OH is 2. The van der Waals surface area contributed by atoms with Crippen LogP contribution >= 0.6 is 0 Å². The van der Waals surface area contributed by atoms with Crippen molar-refractivity contribution in [2.75, 3.05) is 39.8 Å². The van der Waals surface area contributed by atoms with Gasteiger partial charge in [-0.1, -0.05) is 52.0 Å². The summed E-state index contributed by atoms with van der Waals surface area (Å²) in [6.45, 7) is 17.2. The summed E-state index contributed by atoms with van der Waals surface area (Å²) in [5.41, 5.74) is -1.34. The van der Waals surface area contributed by atoms with Gasteiger partial charge in [0.15, 0.2) is 6.10 Å². The minimum absolute atomic E-state index is 0.00305. The van der Waals surface area contributed by atoms with Gasteiger partial charge in [-0.2, -0.15) is 0 Å². The molecule has 3 rings (SSSR count). The molecule has 0 saturated carbocycles. The largest absolute Gasteiger partial charge is 0.457 e. The van der Waals surface area contributed by atoms with Crippen molar-refractivity contribution >= 4 is 12.1 Å². The molecule has 0 aliphatic carbocycles. The molecule has 11 nitrogen and oxygen atoms in total. The number of aliphatic hydroxyl groups is 3. The zero-order valence-electron chi connectivity index (χ0n) is 30.5. The molecule has 10 unspecified atom stereocenters. The lowest BCUT2D eigenvalue weighted by atomic mass is 9.88. The van der Waals surface area contributed by atoms with E-state index in [0.717, 1.165) is 31.6 Å². The lowest BCUT2D eigenvalue weighted by molar-refractivity contribution is -0.151. The number of methoxy groups -OCH3 is 1. The van der Waals surface area contributed by atoms with E-state index in [2.05, 4.69) is 11.8 Å². The van der Waals surface area contributed by atoms with E-state index in [-0.39, 0.29) is 36.9 Å². The molecule has 274 valence electrons. The maximum atomic E-state index is 13.4. The number of amides is 1. The molecule has 0 spiro atoms. The first-order valence-corrected chi connectivity index (χ1v) is 17.8. The maximum Gasteiger partial charge on any atom is 0.410 e. The molecule has 0 aromatic rings. The molecule has 0 radical (unpaired) electrons. The predicted molar refractivity (Wildman–Crippen MR) is 184 cm³/mol. The number of cyclic esters (lactones) is 1. The number of allylic oxidation sites excluding steroid dienone is 2. The fraction of sp³-hybridized carbons (Fsp3) is 0.784. The Balaban J connectivity index is 1.78. The smallest absolute Gasteiger partial charge is 0.410 e. The van der Waals surface area contributed by atoms with Gasteiger partial charge in [-0.25, -0.2) is 4.79 Å². The highest BCUT2D eigenvalue weighted by Gasteiger charge is 2.47. The zero-order valence-corrected chi connectivity index (χ0v) is 30.5. The number of likely N-dealkylation sites (N-methyl/N-ethyl adjacent to an activating group) is 1. The molecule has 3 aliphatic heterocycles. The van der Waals surface area contributed by atoms with Crippen LogP contribution in [-0.4, -0.2) is 125 Å². The first kappa shape index (κ1) is 40.2. The summed E-state index contributed by atoms with van der Waals surface area (Å²) in [7, 11) is 1.57. The Bertz CT molecular complexity index is 1140. The molecule has 3 N–H and O–H groups in total. The predicted octanol–water partition coefficient (Wildman–Crippen LogP) is 4.39. The third kappa shape index (κ3) is 11.7. The minimum atomic E-state index is -1.14. The molecule has 2 fully saturated rings. The van der Waals surface area contributed by atoms with Crippen molar-refractivity contribution in [3.8, 4) is 0 Å². The van der Waals surface area contributed by atoms with Gasteiger partial charge in [-0.15, -0.1) is 0 Å². The van der Waals surface area contributed by atoms with Crippen molar-refractivity contribution in [1.29, 1.82) is 0 Å². The van der Waals surface area contributed by atoms with Crippen LogP contribution in [0.1, 0.15) is 87.0 Å². The van der Waals surface area contributed by atoms with E-state index in [0.29, 0.717) is 32.4 Å². The summed E-state index contributed by atoms with van der Waals surface area (Å²) in [4.78, 5) is 30.4. The number of esters is 1. The highest BCUT2D eigenvalue weighted by atomic mass is 16.6. The van der Waals surface area contributed by atoms with Crippen LogP contribution in [0.15, 0.2) is 36.0 Å². The minimum Gasteiger partial charge on any atom is -0.457 e. The van der Waals surface area contributed by atoms with Crippen LogP contribution in [0.4, 0.5) is 4.79 Å². The number of hydrogen-bond donors (Lipinski definition) is 3. The van der Waals surface area contributed by atoms with E-state index < -0.39 is 47.7 Å². The molecule has 48 heavy (non-hydrogen) atoms. The van der Waals surface area contributed by atoms with Crippen LogP contribution < -0.4 is 0 Å². The first-order valence-electron chi connectivity index (χ1n) is 17.8. The molecule has 11 heteroatoms. The molecule has 1 amide bonds. The number of carbonyl (C=O) groups excluding carboxylic acids is 2. The molecular weight excluding hydrogens is 616 g/mol. The van der Waals surface area contributed by atoms with E-state index in [1.54, 1.807) is 31.1 Å². The molecule has 3 heterocycles. The van der Waals surface area contributed by atoms with E-state index >= 15 is 0 Å². The Hall–Kier alpha value is -2.28. The van der Waals surface area contributed by atoms with E-state index in [9.17, 15) is 24.9 Å².